The molecule has 4 heteroatoms. The molecule has 2 aliphatic rings. The SMILES string of the molecule is CN1CCCC(NCCCOCC2CCCO2)C1. The van der Waals surface area contributed by atoms with E-state index < -0.39 is 0 Å². The maximum atomic E-state index is 5.65. The summed E-state index contributed by atoms with van der Waals surface area (Å²) in [5, 5.41) is 3.63. The number of likely N-dealkylation sites (tertiary alicyclic amines) is 1. The van der Waals surface area contributed by atoms with Gasteiger partial charge in [-0.05, 0) is 52.2 Å². The summed E-state index contributed by atoms with van der Waals surface area (Å²) in [4.78, 5) is 2.41. The van der Waals surface area contributed by atoms with Crippen molar-refractivity contribution in [3.05, 3.63) is 0 Å². The summed E-state index contributed by atoms with van der Waals surface area (Å²) >= 11 is 0. The van der Waals surface area contributed by atoms with Crippen LogP contribution in [0.3, 0.4) is 0 Å². The van der Waals surface area contributed by atoms with Crippen LogP contribution in [0.15, 0.2) is 0 Å². The maximum Gasteiger partial charge on any atom is 0.0809 e. The first-order valence-corrected chi connectivity index (χ1v) is 7.46. The Balaban J connectivity index is 1.41. The van der Waals surface area contributed by atoms with E-state index in [-0.39, 0.29) is 0 Å². The Labute approximate surface area is 111 Å². The lowest BCUT2D eigenvalue weighted by Gasteiger charge is -2.30. The summed E-state index contributed by atoms with van der Waals surface area (Å²) in [5.41, 5.74) is 0. The number of likely N-dealkylation sites (N-methyl/N-ethyl adjacent to an activating group) is 1. The van der Waals surface area contributed by atoms with Crippen molar-refractivity contribution >= 4 is 0 Å². The van der Waals surface area contributed by atoms with Gasteiger partial charge in [-0.2, -0.15) is 0 Å². The largest absolute Gasteiger partial charge is 0.379 e. The molecule has 2 unspecified atom stereocenters. The fourth-order valence-electron chi connectivity index (χ4n) is 2.80. The first kappa shape index (κ1) is 14.3. The van der Waals surface area contributed by atoms with E-state index in [1.165, 1.54) is 38.8 Å². The van der Waals surface area contributed by atoms with Crippen molar-refractivity contribution in [2.75, 3.05) is 46.5 Å². The van der Waals surface area contributed by atoms with Crippen molar-refractivity contribution in [1.29, 1.82) is 0 Å². The predicted octanol–water partition coefficient (Wildman–Crippen LogP) is 1.26. The van der Waals surface area contributed by atoms with Gasteiger partial charge in [0.1, 0.15) is 0 Å². The molecule has 2 heterocycles. The molecule has 4 nitrogen and oxygen atoms in total. The summed E-state index contributed by atoms with van der Waals surface area (Å²) < 4.78 is 11.2. The molecular weight excluding hydrogens is 228 g/mol. The quantitative estimate of drug-likeness (QED) is 0.695. The second-order valence-corrected chi connectivity index (χ2v) is 5.62. The van der Waals surface area contributed by atoms with Gasteiger partial charge in [0.15, 0.2) is 0 Å². The van der Waals surface area contributed by atoms with E-state index in [1.807, 2.05) is 0 Å². The number of piperidine rings is 1. The van der Waals surface area contributed by atoms with Crippen LogP contribution in [0.25, 0.3) is 0 Å². The Morgan fingerprint density at radius 3 is 3.06 bits per heavy atom. The highest BCUT2D eigenvalue weighted by Crippen LogP contribution is 2.12. The predicted molar refractivity (Wildman–Crippen MR) is 72.9 cm³/mol. The Bertz CT molecular complexity index is 220. The van der Waals surface area contributed by atoms with Gasteiger partial charge in [-0.3, -0.25) is 0 Å². The van der Waals surface area contributed by atoms with Gasteiger partial charge >= 0.3 is 0 Å². The van der Waals surface area contributed by atoms with E-state index in [0.717, 1.165) is 32.8 Å². The molecule has 0 saturated carbocycles. The molecule has 0 aromatic heterocycles. The van der Waals surface area contributed by atoms with Crippen LogP contribution in [0.2, 0.25) is 0 Å². The van der Waals surface area contributed by atoms with Crippen molar-refractivity contribution in [2.45, 2.75) is 44.2 Å². The summed E-state index contributed by atoms with van der Waals surface area (Å²) in [6, 6.07) is 0.682. The number of ether oxygens (including phenoxy) is 2. The Morgan fingerprint density at radius 1 is 1.33 bits per heavy atom. The van der Waals surface area contributed by atoms with Crippen LogP contribution in [0, 0.1) is 0 Å². The molecule has 2 atom stereocenters. The Kier molecular flexibility index (Phi) is 6.41. The van der Waals surface area contributed by atoms with E-state index in [1.54, 1.807) is 0 Å². The van der Waals surface area contributed by atoms with Crippen LogP contribution in [-0.4, -0.2) is 63.5 Å². The van der Waals surface area contributed by atoms with Crippen molar-refractivity contribution in [2.24, 2.45) is 0 Å². The van der Waals surface area contributed by atoms with Gasteiger partial charge in [-0.25, -0.2) is 0 Å². The van der Waals surface area contributed by atoms with E-state index >= 15 is 0 Å². The van der Waals surface area contributed by atoms with E-state index in [0.29, 0.717) is 12.1 Å². The molecule has 2 rings (SSSR count). The average molecular weight is 256 g/mol. The van der Waals surface area contributed by atoms with Gasteiger partial charge in [0.05, 0.1) is 12.7 Å². The lowest BCUT2D eigenvalue weighted by Crippen LogP contribution is -2.44. The van der Waals surface area contributed by atoms with Gasteiger partial charge in [-0.1, -0.05) is 0 Å². The number of nitrogens with zero attached hydrogens (tertiary/aromatic N) is 1. The summed E-state index contributed by atoms with van der Waals surface area (Å²) in [6.07, 6.45) is 6.49. The molecule has 106 valence electrons. The van der Waals surface area contributed by atoms with Crippen LogP contribution >= 0.6 is 0 Å². The Morgan fingerprint density at radius 2 is 2.28 bits per heavy atom. The highest BCUT2D eigenvalue weighted by atomic mass is 16.5. The third kappa shape index (κ3) is 5.22. The molecule has 0 spiro atoms. The minimum atomic E-state index is 0.366. The zero-order valence-corrected chi connectivity index (χ0v) is 11.7. The number of rotatable bonds is 7. The number of nitrogens with one attached hydrogen (secondary N) is 1. The molecule has 18 heavy (non-hydrogen) atoms. The topological polar surface area (TPSA) is 33.7 Å². The van der Waals surface area contributed by atoms with Crippen LogP contribution in [0.4, 0.5) is 0 Å². The molecule has 0 aromatic rings. The van der Waals surface area contributed by atoms with Crippen LogP contribution in [-0.2, 0) is 9.47 Å². The molecule has 2 saturated heterocycles. The smallest absolute Gasteiger partial charge is 0.0809 e. The first-order chi connectivity index (χ1) is 8.84. The lowest BCUT2D eigenvalue weighted by molar-refractivity contribution is 0.0164. The van der Waals surface area contributed by atoms with E-state index in [4.69, 9.17) is 9.47 Å². The highest BCUT2D eigenvalue weighted by molar-refractivity contribution is 4.75. The van der Waals surface area contributed by atoms with Crippen LogP contribution in [0.5, 0.6) is 0 Å². The monoisotopic (exact) mass is 256 g/mol. The number of hydrogen-bond donors (Lipinski definition) is 1. The zero-order valence-electron chi connectivity index (χ0n) is 11.7. The molecule has 0 amide bonds. The maximum absolute atomic E-state index is 5.65. The third-order valence-electron chi connectivity index (χ3n) is 3.85. The molecule has 2 fully saturated rings. The van der Waals surface area contributed by atoms with Crippen molar-refractivity contribution in [3.8, 4) is 0 Å². The fraction of sp³-hybridized carbons (Fsp3) is 1.00. The lowest BCUT2D eigenvalue weighted by atomic mass is 10.1. The first-order valence-electron chi connectivity index (χ1n) is 7.46. The third-order valence-corrected chi connectivity index (χ3v) is 3.85. The zero-order chi connectivity index (χ0) is 12.6. The van der Waals surface area contributed by atoms with Gasteiger partial charge in [0, 0.05) is 25.8 Å². The number of hydrogen-bond acceptors (Lipinski definition) is 4. The molecule has 0 radical (unpaired) electrons. The molecule has 1 N–H and O–H groups in total. The average Bonchev–Trinajstić information content (AvgIpc) is 2.87. The van der Waals surface area contributed by atoms with Gasteiger partial charge in [-0.15, -0.1) is 0 Å². The fourth-order valence-corrected chi connectivity index (χ4v) is 2.80. The molecule has 2 aliphatic heterocycles. The Hall–Kier alpha value is -0.160. The van der Waals surface area contributed by atoms with Gasteiger partial charge in [0.25, 0.3) is 0 Å². The standard InChI is InChI=1S/C14H28N2O2/c1-16-8-2-5-13(11-16)15-7-4-9-17-12-14-6-3-10-18-14/h13-15H,2-12H2,1H3. The second-order valence-electron chi connectivity index (χ2n) is 5.62. The highest BCUT2D eigenvalue weighted by Gasteiger charge is 2.16. The molecule has 0 aliphatic carbocycles. The molecule has 0 bridgehead atoms. The van der Waals surface area contributed by atoms with E-state index in [2.05, 4.69) is 17.3 Å². The van der Waals surface area contributed by atoms with Gasteiger partial charge in [0.2, 0.25) is 0 Å². The second kappa shape index (κ2) is 8.10. The summed E-state index contributed by atoms with van der Waals surface area (Å²) in [5.74, 6) is 0. The normalized spacial score (nSPS) is 29.8. The van der Waals surface area contributed by atoms with Crippen molar-refractivity contribution < 1.29 is 9.47 Å². The minimum absolute atomic E-state index is 0.366. The summed E-state index contributed by atoms with van der Waals surface area (Å²) in [6.45, 7) is 6.08. The van der Waals surface area contributed by atoms with Crippen molar-refractivity contribution in [1.82, 2.24) is 10.2 Å². The van der Waals surface area contributed by atoms with Gasteiger partial charge < -0.3 is 19.7 Å². The van der Waals surface area contributed by atoms with Crippen LogP contribution < -0.4 is 5.32 Å². The summed E-state index contributed by atoms with van der Waals surface area (Å²) in [7, 11) is 2.21. The van der Waals surface area contributed by atoms with E-state index in [9.17, 15) is 0 Å². The molecular formula is C14H28N2O2. The molecule has 0 aromatic carbocycles. The van der Waals surface area contributed by atoms with Crippen molar-refractivity contribution in [3.63, 3.8) is 0 Å². The van der Waals surface area contributed by atoms with Crippen LogP contribution in [0.1, 0.15) is 32.1 Å². The minimum Gasteiger partial charge on any atom is -0.379 e.